The van der Waals surface area contributed by atoms with E-state index in [9.17, 15) is 0 Å². The van der Waals surface area contributed by atoms with E-state index in [4.69, 9.17) is 10.2 Å². The molecule has 78 valence electrons. The molecule has 0 saturated heterocycles. The van der Waals surface area contributed by atoms with Crippen LogP contribution >= 0.6 is 0 Å². The molecule has 2 aromatic rings. The maximum absolute atomic E-state index is 5.76. The first-order valence-electron chi connectivity index (χ1n) is 4.70. The summed E-state index contributed by atoms with van der Waals surface area (Å²) >= 11 is 0. The molecule has 0 aliphatic rings. The van der Waals surface area contributed by atoms with Gasteiger partial charge in [-0.15, -0.1) is 0 Å². The highest BCUT2D eigenvalue weighted by Gasteiger charge is 2.06. The van der Waals surface area contributed by atoms with Crippen molar-refractivity contribution in [3.63, 3.8) is 0 Å². The van der Waals surface area contributed by atoms with E-state index < -0.39 is 0 Å². The molecule has 0 atom stereocenters. The predicted molar refractivity (Wildman–Crippen MR) is 61.7 cm³/mol. The number of hydrogen-bond donors (Lipinski definition) is 2. The van der Waals surface area contributed by atoms with Crippen molar-refractivity contribution in [1.29, 1.82) is 0 Å². The molecule has 0 aliphatic carbocycles. The Morgan fingerprint density at radius 3 is 3.07 bits per heavy atom. The number of hydrogen-bond acceptors (Lipinski definition) is 4. The van der Waals surface area contributed by atoms with Gasteiger partial charge in [-0.25, -0.2) is 0 Å². The van der Waals surface area contributed by atoms with E-state index in [1.807, 2.05) is 19.1 Å². The summed E-state index contributed by atoms with van der Waals surface area (Å²) in [4.78, 5) is 4.24. The van der Waals surface area contributed by atoms with Gasteiger partial charge in [0.15, 0.2) is 5.58 Å². The van der Waals surface area contributed by atoms with E-state index in [1.165, 1.54) is 0 Å². The van der Waals surface area contributed by atoms with Crippen LogP contribution in [0.5, 0.6) is 0 Å². The Morgan fingerprint density at radius 1 is 1.60 bits per heavy atom. The second kappa shape index (κ2) is 3.65. The maximum Gasteiger partial charge on any atom is 0.296 e. The van der Waals surface area contributed by atoms with Crippen molar-refractivity contribution < 1.29 is 4.42 Å². The third kappa shape index (κ3) is 1.93. The number of nitrogens with zero attached hydrogens (tertiary/aromatic N) is 1. The number of rotatable bonds is 3. The van der Waals surface area contributed by atoms with Crippen molar-refractivity contribution in [3.8, 4) is 0 Å². The average molecular weight is 203 g/mol. The summed E-state index contributed by atoms with van der Waals surface area (Å²) < 4.78 is 5.46. The minimum Gasteiger partial charge on any atom is -0.423 e. The monoisotopic (exact) mass is 203 g/mol. The van der Waals surface area contributed by atoms with Crippen molar-refractivity contribution >= 4 is 22.8 Å². The highest BCUT2D eigenvalue weighted by molar-refractivity contribution is 5.86. The number of aromatic nitrogens is 1. The molecule has 0 saturated carbocycles. The summed E-state index contributed by atoms with van der Waals surface area (Å²) in [5.41, 5.74) is 8.79. The molecule has 0 spiro atoms. The second-order valence-corrected chi connectivity index (χ2v) is 3.52. The van der Waals surface area contributed by atoms with E-state index in [0.29, 0.717) is 29.3 Å². The molecule has 0 amide bonds. The SMILES string of the molecule is C=C(C)CNc1nc2c(N)cccc2o1. The van der Waals surface area contributed by atoms with Crippen LogP contribution in [0.1, 0.15) is 6.92 Å². The summed E-state index contributed by atoms with van der Waals surface area (Å²) in [6, 6.07) is 5.95. The van der Waals surface area contributed by atoms with Gasteiger partial charge in [-0.1, -0.05) is 18.2 Å². The highest BCUT2D eigenvalue weighted by atomic mass is 16.4. The second-order valence-electron chi connectivity index (χ2n) is 3.52. The number of nitrogens with one attached hydrogen (secondary N) is 1. The predicted octanol–water partition coefficient (Wildman–Crippen LogP) is 2.40. The van der Waals surface area contributed by atoms with Crippen LogP contribution in [0, 0.1) is 0 Å². The molecular weight excluding hydrogens is 190 g/mol. The molecule has 1 heterocycles. The Kier molecular flexibility index (Phi) is 2.33. The van der Waals surface area contributed by atoms with Crippen LogP contribution in [-0.4, -0.2) is 11.5 Å². The average Bonchev–Trinajstić information content (AvgIpc) is 2.59. The molecule has 3 N–H and O–H groups in total. The van der Waals surface area contributed by atoms with Crippen LogP contribution in [0.2, 0.25) is 0 Å². The Labute approximate surface area is 87.8 Å². The summed E-state index contributed by atoms with van der Waals surface area (Å²) in [5.74, 6) is 0. The standard InChI is InChI=1S/C11H13N3O/c1-7(2)6-13-11-14-10-8(12)4-3-5-9(10)15-11/h3-5H,1,6,12H2,2H3,(H,13,14). The van der Waals surface area contributed by atoms with Gasteiger partial charge in [-0.05, 0) is 19.1 Å². The Bertz CT molecular complexity index is 502. The molecule has 15 heavy (non-hydrogen) atoms. The zero-order valence-electron chi connectivity index (χ0n) is 8.58. The Morgan fingerprint density at radius 2 is 2.40 bits per heavy atom. The smallest absolute Gasteiger partial charge is 0.296 e. The minimum atomic E-state index is 0.478. The van der Waals surface area contributed by atoms with E-state index in [1.54, 1.807) is 6.07 Å². The molecule has 1 aromatic carbocycles. The van der Waals surface area contributed by atoms with Gasteiger partial charge >= 0.3 is 0 Å². The van der Waals surface area contributed by atoms with Crippen LogP contribution in [0.4, 0.5) is 11.7 Å². The van der Waals surface area contributed by atoms with Crippen molar-refractivity contribution in [2.45, 2.75) is 6.92 Å². The van der Waals surface area contributed by atoms with Gasteiger partial charge in [0.25, 0.3) is 6.01 Å². The fraction of sp³-hybridized carbons (Fsp3) is 0.182. The number of benzene rings is 1. The first-order valence-corrected chi connectivity index (χ1v) is 4.70. The summed E-state index contributed by atoms with van der Waals surface area (Å²) in [7, 11) is 0. The molecule has 0 fully saturated rings. The van der Waals surface area contributed by atoms with Crippen LogP contribution in [0.25, 0.3) is 11.1 Å². The van der Waals surface area contributed by atoms with Crippen molar-refractivity contribution in [1.82, 2.24) is 4.98 Å². The van der Waals surface area contributed by atoms with Crippen LogP contribution in [0.3, 0.4) is 0 Å². The number of oxazole rings is 1. The molecule has 0 radical (unpaired) electrons. The Balaban J connectivity index is 2.31. The van der Waals surface area contributed by atoms with Crippen molar-refractivity contribution in [2.24, 2.45) is 0 Å². The van der Waals surface area contributed by atoms with Gasteiger partial charge in [0.1, 0.15) is 5.52 Å². The molecule has 4 nitrogen and oxygen atoms in total. The van der Waals surface area contributed by atoms with Crippen molar-refractivity contribution in [3.05, 3.63) is 30.4 Å². The number of anilines is 2. The van der Waals surface area contributed by atoms with Gasteiger partial charge in [-0.3, -0.25) is 0 Å². The maximum atomic E-state index is 5.76. The molecule has 4 heteroatoms. The van der Waals surface area contributed by atoms with Gasteiger partial charge in [0, 0.05) is 6.54 Å². The first-order chi connectivity index (χ1) is 7.16. The molecule has 1 aromatic heterocycles. The lowest BCUT2D eigenvalue weighted by molar-refractivity contribution is 0.617. The van der Waals surface area contributed by atoms with E-state index in [-0.39, 0.29) is 0 Å². The Hall–Kier alpha value is -1.97. The molecule has 2 rings (SSSR count). The summed E-state index contributed by atoms with van der Waals surface area (Å²) in [5, 5.41) is 3.03. The lowest BCUT2D eigenvalue weighted by Gasteiger charge is -1.98. The normalized spacial score (nSPS) is 10.5. The van der Waals surface area contributed by atoms with Gasteiger partial charge < -0.3 is 15.5 Å². The third-order valence-electron chi connectivity index (χ3n) is 1.99. The van der Waals surface area contributed by atoms with E-state index >= 15 is 0 Å². The molecular formula is C11H13N3O. The molecule has 0 unspecified atom stereocenters. The molecule has 0 aliphatic heterocycles. The third-order valence-corrected chi connectivity index (χ3v) is 1.99. The lowest BCUT2D eigenvalue weighted by atomic mass is 10.3. The minimum absolute atomic E-state index is 0.478. The lowest BCUT2D eigenvalue weighted by Crippen LogP contribution is -2.01. The number of fused-ring (bicyclic) bond motifs is 1. The number of para-hydroxylation sites is 1. The largest absolute Gasteiger partial charge is 0.423 e. The molecule has 0 bridgehead atoms. The fourth-order valence-electron chi connectivity index (χ4n) is 1.27. The number of nitrogens with two attached hydrogens (primary N) is 1. The van der Waals surface area contributed by atoms with Gasteiger partial charge in [0.05, 0.1) is 5.69 Å². The van der Waals surface area contributed by atoms with Crippen LogP contribution in [-0.2, 0) is 0 Å². The van der Waals surface area contributed by atoms with Crippen LogP contribution < -0.4 is 11.1 Å². The van der Waals surface area contributed by atoms with E-state index in [0.717, 1.165) is 5.57 Å². The summed E-state index contributed by atoms with van der Waals surface area (Å²) in [6.07, 6.45) is 0. The highest BCUT2D eigenvalue weighted by Crippen LogP contribution is 2.23. The fourth-order valence-corrected chi connectivity index (χ4v) is 1.27. The first kappa shape index (κ1) is 9.58. The van der Waals surface area contributed by atoms with Crippen molar-refractivity contribution in [2.75, 3.05) is 17.6 Å². The number of nitrogen functional groups attached to an aromatic ring is 1. The topological polar surface area (TPSA) is 64.1 Å². The van der Waals surface area contributed by atoms with Gasteiger partial charge in [0.2, 0.25) is 0 Å². The summed E-state index contributed by atoms with van der Waals surface area (Å²) in [6.45, 7) is 6.37. The zero-order valence-corrected chi connectivity index (χ0v) is 8.58. The van der Waals surface area contributed by atoms with Gasteiger partial charge in [-0.2, -0.15) is 4.98 Å². The van der Waals surface area contributed by atoms with Crippen LogP contribution in [0.15, 0.2) is 34.8 Å². The van der Waals surface area contributed by atoms with E-state index in [2.05, 4.69) is 16.9 Å². The zero-order chi connectivity index (χ0) is 10.8. The quantitative estimate of drug-likeness (QED) is 0.594.